The largest absolute Gasteiger partial charge is 0.443 e. The number of alkyl halides is 3. The maximum absolute atomic E-state index is 12.5. The molecule has 6 nitrogen and oxygen atoms in total. The molecule has 0 saturated carbocycles. The van der Waals surface area contributed by atoms with E-state index >= 15 is 0 Å². The third-order valence-electron chi connectivity index (χ3n) is 2.78. The summed E-state index contributed by atoms with van der Waals surface area (Å²) in [6.45, 7) is -0.0648. The van der Waals surface area contributed by atoms with Gasteiger partial charge in [0.15, 0.2) is 5.01 Å². The van der Waals surface area contributed by atoms with Crippen molar-refractivity contribution in [3.05, 3.63) is 57.4 Å². The van der Waals surface area contributed by atoms with Gasteiger partial charge in [-0.3, -0.25) is 4.98 Å². The van der Waals surface area contributed by atoms with E-state index in [-0.39, 0.29) is 6.54 Å². The van der Waals surface area contributed by atoms with Crippen molar-refractivity contribution in [1.82, 2.24) is 24.3 Å². The van der Waals surface area contributed by atoms with Crippen molar-refractivity contribution < 1.29 is 13.2 Å². The van der Waals surface area contributed by atoms with E-state index in [0.717, 1.165) is 10.9 Å². The Labute approximate surface area is 125 Å². The quantitative estimate of drug-likeness (QED) is 0.737. The lowest BCUT2D eigenvalue weighted by Gasteiger charge is -1.99. The Morgan fingerprint density at radius 3 is 2.59 bits per heavy atom. The van der Waals surface area contributed by atoms with E-state index in [1.165, 1.54) is 23.3 Å². The lowest BCUT2D eigenvalue weighted by atomic mass is 10.4. The summed E-state index contributed by atoms with van der Waals surface area (Å²) in [7, 11) is 0. The molecule has 3 heterocycles. The molecule has 10 heteroatoms. The summed E-state index contributed by atoms with van der Waals surface area (Å²) in [6, 6.07) is 3.25. The molecule has 0 aliphatic heterocycles. The van der Waals surface area contributed by atoms with Gasteiger partial charge in [0.25, 0.3) is 0 Å². The molecule has 114 valence electrons. The Bertz CT molecular complexity index is 836. The van der Waals surface area contributed by atoms with Crippen molar-refractivity contribution in [2.45, 2.75) is 12.7 Å². The summed E-state index contributed by atoms with van der Waals surface area (Å²) in [5, 5.41) is 2.96. The van der Waals surface area contributed by atoms with E-state index in [4.69, 9.17) is 0 Å². The molecule has 0 aliphatic carbocycles. The van der Waals surface area contributed by atoms with Crippen LogP contribution in [0.4, 0.5) is 13.2 Å². The van der Waals surface area contributed by atoms with E-state index in [9.17, 15) is 18.0 Å². The van der Waals surface area contributed by atoms with Gasteiger partial charge in [0, 0.05) is 23.5 Å². The van der Waals surface area contributed by atoms with Gasteiger partial charge in [-0.25, -0.2) is 19.0 Å². The topological polar surface area (TPSA) is 65.6 Å². The highest BCUT2D eigenvalue weighted by atomic mass is 32.1. The lowest BCUT2D eigenvalue weighted by Crippen LogP contribution is -2.24. The van der Waals surface area contributed by atoms with Crippen LogP contribution in [0.15, 0.2) is 41.8 Å². The van der Waals surface area contributed by atoms with E-state index < -0.39 is 16.9 Å². The molecule has 0 fully saturated rings. The Kier molecular flexibility index (Phi) is 3.53. The molecule has 0 spiro atoms. The molecule has 3 aromatic heterocycles. The van der Waals surface area contributed by atoms with Gasteiger partial charge >= 0.3 is 11.9 Å². The second-order valence-corrected chi connectivity index (χ2v) is 5.39. The fourth-order valence-electron chi connectivity index (χ4n) is 1.79. The van der Waals surface area contributed by atoms with Gasteiger partial charge < -0.3 is 0 Å². The van der Waals surface area contributed by atoms with Crippen LogP contribution in [0.3, 0.4) is 0 Å². The fraction of sp³-hybridized carbons (Fsp3) is 0.167. The number of thiazole rings is 1. The minimum Gasteiger partial charge on any atom is -0.265 e. The maximum atomic E-state index is 12.5. The van der Waals surface area contributed by atoms with Gasteiger partial charge in [-0.2, -0.15) is 18.3 Å². The summed E-state index contributed by atoms with van der Waals surface area (Å²) in [5.41, 5.74) is 0.125. The molecule has 0 bridgehead atoms. The average molecular weight is 327 g/mol. The fourth-order valence-corrected chi connectivity index (χ4v) is 2.55. The third kappa shape index (κ3) is 2.77. The molecule has 3 rings (SSSR count). The standard InChI is InChI=1S/C12H8F3N5OS/c13-12(14,15)10-17-5-9(22-10)6-20-11(21)19(7-18-20)8-1-3-16-4-2-8/h1-5,7H,6H2. The normalized spacial score (nSPS) is 11.8. The number of rotatable bonds is 3. The van der Waals surface area contributed by atoms with E-state index in [1.54, 1.807) is 12.1 Å². The second kappa shape index (κ2) is 5.37. The van der Waals surface area contributed by atoms with Gasteiger partial charge in [0.05, 0.1) is 12.2 Å². The second-order valence-electron chi connectivity index (χ2n) is 4.28. The number of aromatic nitrogens is 5. The predicted molar refractivity (Wildman–Crippen MR) is 71.8 cm³/mol. The van der Waals surface area contributed by atoms with Crippen molar-refractivity contribution in [3.63, 3.8) is 0 Å². The summed E-state index contributed by atoms with van der Waals surface area (Å²) in [6.07, 6.45) is 0.981. The zero-order valence-electron chi connectivity index (χ0n) is 10.9. The minimum atomic E-state index is -4.48. The molecule has 0 amide bonds. The van der Waals surface area contributed by atoms with Crippen LogP contribution < -0.4 is 5.69 Å². The highest BCUT2D eigenvalue weighted by molar-refractivity contribution is 7.11. The van der Waals surface area contributed by atoms with Crippen molar-refractivity contribution in [1.29, 1.82) is 0 Å². The first-order valence-electron chi connectivity index (χ1n) is 6.02. The van der Waals surface area contributed by atoms with Crippen LogP contribution in [0.5, 0.6) is 0 Å². The molecular weight excluding hydrogens is 319 g/mol. The van der Waals surface area contributed by atoms with Crippen LogP contribution in [0, 0.1) is 0 Å². The van der Waals surface area contributed by atoms with Crippen LogP contribution in [-0.2, 0) is 12.7 Å². The number of pyridine rings is 1. The van der Waals surface area contributed by atoms with E-state index in [0.29, 0.717) is 21.9 Å². The van der Waals surface area contributed by atoms with Crippen LogP contribution in [-0.4, -0.2) is 24.3 Å². The van der Waals surface area contributed by atoms with Gasteiger partial charge in [0.1, 0.15) is 6.33 Å². The van der Waals surface area contributed by atoms with Crippen molar-refractivity contribution in [3.8, 4) is 5.69 Å². The number of halogens is 3. The van der Waals surface area contributed by atoms with Crippen LogP contribution >= 0.6 is 11.3 Å². The molecule has 0 atom stereocenters. The van der Waals surface area contributed by atoms with Gasteiger partial charge in [-0.05, 0) is 12.1 Å². The lowest BCUT2D eigenvalue weighted by molar-refractivity contribution is -0.137. The zero-order valence-corrected chi connectivity index (χ0v) is 11.7. The molecule has 0 unspecified atom stereocenters. The smallest absolute Gasteiger partial charge is 0.265 e. The first kappa shape index (κ1) is 14.4. The first-order valence-corrected chi connectivity index (χ1v) is 6.83. The maximum Gasteiger partial charge on any atom is 0.443 e. The highest BCUT2D eigenvalue weighted by Gasteiger charge is 2.34. The first-order chi connectivity index (χ1) is 10.4. The average Bonchev–Trinajstić information content (AvgIpc) is 3.08. The van der Waals surface area contributed by atoms with Gasteiger partial charge in [0.2, 0.25) is 0 Å². The van der Waals surface area contributed by atoms with Gasteiger partial charge in [-0.15, -0.1) is 11.3 Å². The van der Waals surface area contributed by atoms with E-state index in [1.807, 2.05) is 0 Å². The Hall–Kier alpha value is -2.49. The number of nitrogens with zero attached hydrogens (tertiary/aromatic N) is 5. The molecule has 22 heavy (non-hydrogen) atoms. The summed E-state index contributed by atoms with van der Waals surface area (Å²) < 4.78 is 39.9. The van der Waals surface area contributed by atoms with Crippen molar-refractivity contribution in [2.75, 3.05) is 0 Å². The Morgan fingerprint density at radius 1 is 1.23 bits per heavy atom. The SMILES string of the molecule is O=c1n(-c2ccncc2)cnn1Cc1cnc(C(F)(F)F)s1. The Balaban J connectivity index is 1.87. The van der Waals surface area contributed by atoms with Gasteiger partial charge in [-0.1, -0.05) is 0 Å². The predicted octanol–water partition coefficient (Wildman–Crippen LogP) is 1.95. The number of hydrogen-bond acceptors (Lipinski definition) is 5. The molecule has 0 N–H and O–H groups in total. The molecule has 0 radical (unpaired) electrons. The third-order valence-corrected chi connectivity index (χ3v) is 3.80. The monoisotopic (exact) mass is 327 g/mol. The summed E-state index contributed by atoms with van der Waals surface area (Å²) in [5.74, 6) is 0. The molecular formula is C12H8F3N5OS. The molecule has 0 aromatic carbocycles. The zero-order chi connectivity index (χ0) is 15.7. The van der Waals surface area contributed by atoms with Crippen LogP contribution in [0.2, 0.25) is 0 Å². The molecule has 0 saturated heterocycles. The van der Waals surface area contributed by atoms with Crippen LogP contribution in [0.25, 0.3) is 5.69 Å². The van der Waals surface area contributed by atoms with Crippen molar-refractivity contribution >= 4 is 11.3 Å². The van der Waals surface area contributed by atoms with Crippen LogP contribution in [0.1, 0.15) is 9.88 Å². The summed E-state index contributed by atoms with van der Waals surface area (Å²) >= 11 is 0.493. The molecule has 3 aromatic rings. The number of hydrogen-bond donors (Lipinski definition) is 0. The van der Waals surface area contributed by atoms with Crippen molar-refractivity contribution in [2.24, 2.45) is 0 Å². The summed E-state index contributed by atoms with van der Waals surface area (Å²) in [4.78, 5) is 19.6. The molecule has 0 aliphatic rings. The Morgan fingerprint density at radius 2 is 1.95 bits per heavy atom. The highest BCUT2D eigenvalue weighted by Crippen LogP contribution is 2.32. The van der Waals surface area contributed by atoms with E-state index in [2.05, 4.69) is 15.1 Å². The minimum absolute atomic E-state index is 0.0648.